The fourth-order valence-electron chi connectivity index (χ4n) is 2.69. The molecule has 2 nitrogen and oxygen atoms in total. The molecule has 1 aromatic carbocycles. The van der Waals surface area contributed by atoms with Crippen LogP contribution in [0.1, 0.15) is 22.2 Å². The maximum absolute atomic E-state index is 10.5. The number of aliphatic hydroxyl groups excluding tert-OH is 1. The summed E-state index contributed by atoms with van der Waals surface area (Å²) in [6.07, 6.45) is 2.39. The highest BCUT2D eigenvalue weighted by atomic mass is 32.1. The van der Waals surface area contributed by atoms with Crippen LogP contribution >= 0.6 is 11.3 Å². The monoisotopic (exact) mass is 288 g/mol. The summed E-state index contributed by atoms with van der Waals surface area (Å²) in [5, 5.41) is 10.5. The van der Waals surface area contributed by atoms with Gasteiger partial charge in [0.25, 0.3) is 0 Å². The van der Waals surface area contributed by atoms with Crippen LogP contribution in [0.4, 0.5) is 0 Å². The van der Waals surface area contributed by atoms with E-state index in [0.717, 1.165) is 25.0 Å². The molecule has 2 heterocycles. The summed E-state index contributed by atoms with van der Waals surface area (Å²) in [5.74, 6) is 1.16. The van der Waals surface area contributed by atoms with Crippen molar-refractivity contribution in [2.75, 3.05) is 6.61 Å². The molecule has 20 heavy (non-hydrogen) atoms. The molecule has 0 saturated heterocycles. The third-order valence-corrected chi connectivity index (χ3v) is 5.18. The second-order valence-electron chi connectivity index (χ2n) is 5.38. The first-order valence-corrected chi connectivity index (χ1v) is 8.04. The lowest BCUT2D eigenvalue weighted by molar-refractivity contribution is 0.0658. The molecule has 0 aliphatic carbocycles. The van der Waals surface area contributed by atoms with Crippen molar-refractivity contribution in [2.24, 2.45) is 5.92 Å². The van der Waals surface area contributed by atoms with Crippen molar-refractivity contribution in [2.45, 2.75) is 32.3 Å². The highest BCUT2D eigenvalue weighted by molar-refractivity contribution is 7.11. The van der Waals surface area contributed by atoms with Crippen molar-refractivity contribution in [1.82, 2.24) is 0 Å². The van der Waals surface area contributed by atoms with Gasteiger partial charge in [0.1, 0.15) is 5.75 Å². The van der Waals surface area contributed by atoms with Crippen LogP contribution in [0, 0.1) is 5.92 Å². The fraction of sp³-hybridized carbons (Fsp3) is 0.412. The molecular weight excluding hydrogens is 268 g/mol. The van der Waals surface area contributed by atoms with E-state index in [0.29, 0.717) is 6.61 Å². The summed E-state index contributed by atoms with van der Waals surface area (Å²) in [4.78, 5) is 2.66. The van der Waals surface area contributed by atoms with Crippen molar-refractivity contribution >= 4 is 11.3 Å². The largest absolute Gasteiger partial charge is 0.493 e. The van der Waals surface area contributed by atoms with Gasteiger partial charge < -0.3 is 9.84 Å². The molecule has 0 amide bonds. The Labute approximate surface area is 124 Å². The zero-order chi connectivity index (χ0) is 13.9. The molecule has 0 spiro atoms. The zero-order valence-corrected chi connectivity index (χ0v) is 12.5. The van der Waals surface area contributed by atoms with E-state index in [-0.39, 0.29) is 12.0 Å². The molecule has 3 rings (SSSR count). The first kappa shape index (κ1) is 13.7. The number of hydrogen-bond acceptors (Lipinski definition) is 3. The predicted octanol–water partition coefficient (Wildman–Crippen LogP) is 3.47. The molecule has 2 atom stereocenters. The van der Waals surface area contributed by atoms with E-state index >= 15 is 0 Å². The van der Waals surface area contributed by atoms with Crippen LogP contribution in [0.2, 0.25) is 0 Å². The minimum absolute atomic E-state index is 0.192. The normalized spacial score (nSPS) is 19.2. The maximum atomic E-state index is 10.5. The van der Waals surface area contributed by atoms with Gasteiger partial charge in [0.05, 0.1) is 12.7 Å². The molecule has 0 saturated carbocycles. The summed E-state index contributed by atoms with van der Waals surface area (Å²) in [6, 6.07) is 12.4. The van der Waals surface area contributed by atoms with Gasteiger partial charge in [-0.1, -0.05) is 25.1 Å². The predicted molar refractivity (Wildman–Crippen MR) is 82.5 cm³/mol. The Hall–Kier alpha value is -1.32. The van der Waals surface area contributed by atoms with Crippen LogP contribution in [0.25, 0.3) is 0 Å². The van der Waals surface area contributed by atoms with Gasteiger partial charge in [-0.25, -0.2) is 0 Å². The molecule has 1 aliphatic heterocycles. The lowest BCUT2D eigenvalue weighted by Gasteiger charge is -2.28. The van der Waals surface area contributed by atoms with E-state index in [4.69, 9.17) is 4.74 Å². The molecule has 2 unspecified atom stereocenters. The second-order valence-corrected chi connectivity index (χ2v) is 6.63. The average Bonchev–Trinajstić information content (AvgIpc) is 2.94. The SMILES string of the molecule is CCc1ccc(CC(O)C2COc3ccccc3C2)s1. The standard InChI is InChI=1S/C17H20O2S/c1-2-14-7-8-15(20-14)10-16(18)13-9-12-5-3-4-6-17(12)19-11-13/h3-8,13,16,18H,2,9-11H2,1H3. The fourth-order valence-corrected chi connectivity index (χ4v) is 3.70. The molecule has 0 fully saturated rings. The Kier molecular flexibility index (Phi) is 4.08. The number of rotatable bonds is 4. The van der Waals surface area contributed by atoms with Crippen molar-refractivity contribution < 1.29 is 9.84 Å². The molecule has 1 N–H and O–H groups in total. The highest BCUT2D eigenvalue weighted by Gasteiger charge is 2.26. The van der Waals surface area contributed by atoms with E-state index in [1.54, 1.807) is 0 Å². The summed E-state index contributed by atoms with van der Waals surface area (Å²) in [5.41, 5.74) is 1.21. The third kappa shape index (κ3) is 2.89. The molecular formula is C17H20O2S. The van der Waals surface area contributed by atoms with Gasteiger partial charge >= 0.3 is 0 Å². The minimum atomic E-state index is -0.327. The van der Waals surface area contributed by atoms with E-state index in [1.807, 2.05) is 29.5 Å². The zero-order valence-electron chi connectivity index (χ0n) is 11.7. The Morgan fingerprint density at radius 2 is 2.05 bits per heavy atom. The van der Waals surface area contributed by atoms with Crippen molar-refractivity contribution in [3.05, 3.63) is 51.7 Å². The van der Waals surface area contributed by atoms with Gasteiger partial charge in [-0.15, -0.1) is 11.3 Å². The highest BCUT2D eigenvalue weighted by Crippen LogP contribution is 2.30. The average molecular weight is 288 g/mol. The summed E-state index contributed by atoms with van der Waals surface area (Å²) in [7, 11) is 0. The van der Waals surface area contributed by atoms with Crippen LogP contribution in [-0.2, 0) is 19.3 Å². The van der Waals surface area contributed by atoms with Gasteiger partial charge in [0.15, 0.2) is 0 Å². The lowest BCUT2D eigenvalue weighted by Crippen LogP contribution is -2.32. The van der Waals surface area contributed by atoms with Crippen LogP contribution < -0.4 is 4.74 Å². The van der Waals surface area contributed by atoms with Gasteiger partial charge in [-0.2, -0.15) is 0 Å². The van der Waals surface area contributed by atoms with Crippen LogP contribution in [0.15, 0.2) is 36.4 Å². The first-order valence-electron chi connectivity index (χ1n) is 7.22. The second kappa shape index (κ2) is 5.98. The van der Waals surface area contributed by atoms with Crippen LogP contribution in [0.3, 0.4) is 0 Å². The van der Waals surface area contributed by atoms with E-state index in [2.05, 4.69) is 25.1 Å². The number of thiophene rings is 1. The first-order chi connectivity index (χ1) is 9.76. The van der Waals surface area contributed by atoms with E-state index in [9.17, 15) is 5.11 Å². The number of para-hydroxylation sites is 1. The Bertz CT molecular complexity index is 576. The summed E-state index contributed by atoms with van der Waals surface area (Å²) >= 11 is 1.81. The molecule has 0 radical (unpaired) electrons. The van der Waals surface area contributed by atoms with Crippen LogP contribution in [-0.4, -0.2) is 17.8 Å². The van der Waals surface area contributed by atoms with Crippen molar-refractivity contribution in [3.63, 3.8) is 0 Å². The van der Waals surface area contributed by atoms with Gasteiger partial charge in [0, 0.05) is 22.1 Å². The van der Waals surface area contributed by atoms with Crippen LogP contribution in [0.5, 0.6) is 5.75 Å². The molecule has 1 aromatic heterocycles. The van der Waals surface area contributed by atoms with Crippen molar-refractivity contribution in [3.8, 4) is 5.75 Å². The van der Waals surface area contributed by atoms with Crippen molar-refractivity contribution in [1.29, 1.82) is 0 Å². The smallest absolute Gasteiger partial charge is 0.122 e. The molecule has 3 heteroatoms. The summed E-state index contributed by atoms with van der Waals surface area (Å²) in [6.45, 7) is 2.78. The number of aryl methyl sites for hydroxylation is 1. The minimum Gasteiger partial charge on any atom is -0.493 e. The molecule has 2 aromatic rings. The maximum Gasteiger partial charge on any atom is 0.122 e. The van der Waals surface area contributed by atoms with E-state index < -0.39 is 0 Å². The van der Waals surface area contributed by atoms with E-state index in [1.165, 1.54) is 15.3 Å². The molecule has 0 bridgehead atoms. The number of aliphatic hydroxyl groups is 1. The summed E-state index contributed by atoms with van der Waals surface area (Å²) < 4.78 is 5.76. The Morgan fingerprint density at radius 3 is 2.85 bits per heavy atom. The Morgan fingerprint density at radius 1 is 1.25 bits per heavy atom. The number of hydrogen-bond donors (Lipinski definition) is 1. The topological polar surface area (TPSA) is 29.5 Å². The molecule has 106 valence electrons. The lowest BCUT2D eigenvalue weighted by atomic mass is 9.90. The molecule has 1 aliphatic rings. The number of ether oxygens (including phenoxy) is 1. The number of fused-ring (bicyclic) bond motifs is 1. The third-order valence-electron chi connectivity index (χ3n) is 3.93. The van der Waals surface area contributed by atoms with Gasteiger partial charge in [-0.3, -0.25) is 0 Å². The quantitative estimate of drug-likeness (QED) is 0.933. The Balaban J connectivity index is 1.65. The number of benzene rings is 1. The van der Waals surface area contributed by atoms with Gasteiger partial charge in [-0.05, 0) is 36.6 Å². The van der Waals surface area contributed by atoms with Gasteiger partial charge in [0.2, 0.25) is 0 Å².